The maximum absolute atomic E-state index is 12.6. The third-order valence-corrected chi connectivity index (χ3v) is 4.60. The molecular weight excluding hydrogens is 346 g/mol. The minimum Gasteiger partial charge on any atom is -0.425 e. The zero-order chi connectivity index (χ0) is 15.9. The molecule has 116 valence electrons. The van der Waals surface area contributed by atoms with Crippen LogP contribution >= 0.6 is 15.9 Å². The van der Waals surface area contributed by atoms with Gasteiger partial charge in [0.05, 0.1) is 0 Å². The van der Waals surface area contributed by atoms with Crippen LogP contribution in [0.5, 0.6) is 0 Å². The highest BCUT2D eigenvalue weighted by Crippen LogP contribution is 2.41. The molecule has 2 aromatic rings. The van der Waals surface area contributed by atoms with Gasteiger partial charge in [-0.25, -0.2) is 0 Å². The summed E-state index contributed by atoms with van der Waals surface area (Å²) >= 11 is 3.50. The van der Waals surface area contributed by atoms with Gasteiger partial charge in [-0.3, -0.25) is 4.79 Å². The molecule has 1 aliphatic rings. The highest BCUT2D eigenvalue weighted by molar-refractivity contribution is 9.10. The first-order chi connectivity index (χ1) is 10.4. The number of hydrogen-bond donors (Lipinski definition) is 0. The number of rotatable bonds is 2. The fraction of sp³-hybridized carbons (Fsp3) is 0.438. The topological polar surface area (TPSA) is 59.2 Å². The summed E-state index contributed by atoms with van der Waals surface area (Å²) < 4.78 is 6.29. The molecule has 22 heavy (non-hydrogen) atoms. The van der Waals surface area contributed by atoms with Crippen LogP contribution in [0.4, 0.5) is 5.69 Å². The van der Waals surface area contributed by atoms with Crippen molar-refractivity contribution in [3.63, 3.8) is 0 Å². The molecular formula is C16H18BrN3O2. The molecule has 5 nitrogen and oxygen atoms in total. The average molecular weight is 364 g/mol. The van der Waals surface area contributed by atoms with E-state index in [4.69, 9.17) is 4.42 Å². The lowest BCUT2D eigenvalue weighted by Crippen LogP contribution is -2.41. The zero-order valence-corrected chi connectivity index (χ0v) is 14.5. The van der Waals surface area contributed by atoms with Gasteiger partial charge in [-0.15, -0.1) is 10.2 Å². The Hall–Kier alpha value is -1.69. The second kappa shape index (κ2) is 5.50. The molecule has 0 spiro atoms. The standard InChI is InChI=1S/C16H18BrN3O2/c1-10-18-19-14(22-10)9-15(21)20-7-6-16(2,3)12-5-4-11(17)8-13(12)20/h4-5,8H,6-7,9H2,1-3H3. The first kappa shape index (κ1) is 15.2. The van der Waals surface area contributed by atoms with Gasteiger partial charge in [0.1, 0.15) is 6.42 Å². The maximum Gasteiger partial charge on any atom is 0.236 e. The van der Waals surface area contributed by atoms with E-state index in [-0.39, 0.29) is 17.7 Å². The number of anilines is 1. The lowest BCUT2D eigenvalue weighted by molar-refractivity contribution is -0.118. The van der Waals surface area contributed by atoms with Crippen LogP contribution in [0.3, 0.4) is 0 Å². The van der Waals surface area contributed by atoms with Crippen molar-refractivity contribution in [3.05, 3.63) is 40.0 Å². The van der Waals surface area contributed by atoms with E-state index in [1.807, 2.05) is 17.0 Å². The summed E-state index contributed by atoms with van der Waals surface area (Å²) in [6.07, 6.45) is 1.06. The molecule has 0 bridgehead atoms. The minimum absolute atomic E-state index is 0.0153. The van der Waals surface area contributed by atoms with Crippen molar-refractivity contribution in [1.82, 2.24) is 10.2 Å². The second-order valence-corrected chi connectivity index (χ2v) is 7.15. The van der Waals surface area contributed by atoms with Crippen LogP contribution in [-0.4, -0.2) is 22.6 Å². The van der Waals surface area contributed by atoms with Gasteiger partial charge in [0.15, 0.2) is 0 Å². The lowest BCUT2D eigenvalue weighted by Gasteiger charge is -2.39. The Morgan fingerprint density at radius 1 is 1.41 bits per heavy atom. The number of nitrogens with zero attached hydrogens (tertiary/aromatic N) is 3. The van der Waals surface area contributed by atoms with Crippen molar-refractivity contribution in [2.24, 2.45) is 0 Å². The summed E-state index contributed by atoms with van der Waals surface area (Å²) in [6, 6.07) is 6.12. The number of benzene rings is 1. The van der Waals surface area contributed by atoms with Crippen molar-refractivity contribution in [2.75, 3.05) is 11.4 Å². The third kappa shape index (κ3) is 2.79. The second-order valence-electron chi connectivity index (χ2n) is 6.23. The average Bonchev–Trinajstić information content (AvgIpc) is 2.83. The SMILES string of the molecule is Cc1nnc(CC(=O)N2CCC(C)(C)c3ccc(Br)cc32)o1. The molecule has 1 aromatic heterocycles. The molecule has 0 saturated heterocycles. The Labute approximate surface area is 137 Å². The van der Waals surface area contributed by atoms with Crippen LogP contribution in [0.2, 0.25) is 0 Å². The van der Waals surface area contributed by atoms with Crippen molar-refractivity contribution in [1.29, 1.82) is 0 Å². The Bertz CT molecular complexity index is 724. The van der Waals surface area contributed by atoms with Crippen molar-refractivity contribution >= 4 is 27.5 Å². The van der Waals surface area contributed by atoms with Gasteiger partial charge in [-0.2, -0.15) is 0 Å². The van der Waals surface area contributed by atoms with E-state index in [1.165, 1.54) is 5.56 Å². The number of carbonyl (C=O) groups is 1. The lowest BCUT2D eigenvalue weighted by atomic mass is 9.77. The smallest absolute Gasteiger partial charge is 0.236 e. The van der Waals surface area contributed by atoms with E-state index in [0.717, 1.165) is 16.6 Å². The van der Waals surface area contributed by atoms with E-state index < -0.39 is 0 Å². The highest BCUT2D eigenvalue weighted by Gasteiger charge is 2.34. The molecule has 0 N–H and O–H groups in total. The predicted molar refractivity (Wildman–Crippen MR) is 86.9 cm³/mol. The Morgan fingerprint density at radius 3 is 2.86 bits per heavy atom. The Balaban J connectivity index is 1.92. The molecule has 2 heterocycles. The molecule has 0 unspecified atom stereocenters. The molecule has 0 atom stereocenters. The van der Waals surface area contributed by atoms with Crippen LogP contribution in [0.25, 0.3) is 0 Å². The summed E-state index contributed by atoms with van der Waals surface area (Å²) in [5.74, 6) is 0.827. The van der Waals surface area contributed by atoms with E-state index in [1.54, 1.807) is 6.92 Å². The van der Waals surface area contributed by atoms with Gasteiger partial charge in [0.25, 0.3) is 0 Å². The summed E-state index contributed by atoms with van der Waals surface area (Å²) in [4.78, 5) is 14.5. The fourth-order valence-electron chi connectivity index (χ4n) is 2.84. The largest absolute Gasteiger partial charge is 0.425 e. The Kier molecular flexibility index (Phi) is 3.80. The molecule has 0 aliphatic carbocycles. The number of amides is 1. The van der Waals surface area contributed by atoms with Crippen molar-refractivity contribution in [2.45, 2.75) is 39.0 Å². The summed E-state index contributed by atoms with van der Waals surface area (Å²) in [5, 5.41) is 7.68. The minimum atomic E-state index is -0.0153. The van der Waals surface area contributed by atoms with Gasteiger partial charge < -0.3 is 9.32 Å². The predicted octanol–water partition coefficient (Wildman–Crippen LogP) is 3.40. The van der Waals surface area contributed by atoms with E-state index >= 15 is 0 Å². The Morgan fingerprint density at radius 2 is 2.18 bits per heavy atom. The number of fused-ring (bicyclic) bond motifs is 1. The molecule has 1 aliphatic heterocycles. The molecule has 1 aromatic carbocycles. The zero-order valence-electron chi connectivity index (χ0n) is 12.9. The van der Waals surface area contributed by atoms with E-state index in [0.29, 0.717) is 18.3 Å². The molecule has 0 radical (unpaired) electrons. The summed E-state index contributed by atoms with van der Waals surface area (Å²) in [5.41, 5.74) is 2.22. The van der Waals surface area contributed by atoms with Crippen LogP contribution < -0.4 is 4.90 Å². The van der Waals surface area contributed by atoms with E-state index in [2.05, 4.69) is 46.0 Å². The molecule has 0 saturated carbocycles. The maximum atomic E-state index is 12.6. The fourth-order valence-corrected chi connectivity index (χ4v) is 3.19. The van der Waals surface area contributed by atoms with Gasteiger partial charge >= 0.3 is 0 Å². The van der Waals surface area contributed by atoms with Gasteiger partial charge in [0, 0.05) is 23.6 Å². The summed E-state index contributed by atoms with van der Waals surface area (Å²) in [7, 11) is 0. The number of aromatic nitrogens is 2. The van der Waals surface area contributed by atoms with Crippen LogP contribution in [-0.2, 0) is 16.6 Å². The van der Waals surface area contributed by atoms with Gasteiger partial charge in [-0.1, -0.05) is 35.8 Å². The van der Waals surface area contributed by atoms with Crippen molar-refractivity contribution in [3.8, 4) is 0 Å². The molecule has 3 rings (SSSR count). The highest BCUT2D eigenvalue weighted by atomic mass is 79.9. The monoisotopic (exact) mass is 363 g/mol. The molecule has 6 heteroatoms. The first-order valence-corrected chi connectivity index (χ1v) is 8.05. The normalized spacial score (nSPS) is 16.5. The van der Waals surface area contributed by atoms with Crippen LogP contribution in [0.15, 0.2) is 27.1 Å². The van der Waals surface area contributed by atoms with Gasteiger partial charge in [-0.05, 0) is 29.5 Å². The van der Waals surface area contributed by atoms with Gasteiger partial charge in [0.2, 0.25) is 17.7 Å². The quantitative estimate of drug-likeness (QED) is 0.820. The van der Waals surface area contributed by atoms with Crippen LogP contribution in [0.1, 0.15) is 37.6 Å². The first-order valence-electron chi connectivity index (χ1n) is 7.26. The van der Waals surface area contributed by atoms with Crippen molar-refractivity contribution < 1.29 is 9.21 Å². The molecule has 0 fully saturated rings. The number of hydrogen-bond acceptors (Lipinski definition) is 4. The third-order valence-electron chi connectivity index (χ3n) is 4.11. The number of carbonyl (C=O) groups excluding carboxylic acids is 1. The summed E-state index contributed by atoms with van der Waals surface area (Å²) in [6.45, 7) is 6.84. The number of halogens is 1. The van der Waals surface area contributed by atoms with Crippen LogP contribution in [0, 0.1) is 6.92 Å². The number of aryl methyl sites for hydroxylation is 1. The molecule has 1 amide bonds. The van der Waals surface area contributed by atoms with E-state index in [9.17, 15) is 4.79 Å².